The van der Waals surface area contributed by atoms with Gasteiger partial charge in [0.25, 0.3) is 0 Å². The standard InChI is InChI=1S/C31H44O6/c1-8-9-10-11-12-30(4,5)21-13-26(36-17-19(2)32)28(27(14-21)37-18-20(3)33)22-15-23(29(34)35)25-16-24(22)31(25,6)7/h13-15,22,24-25H,8-12,16-18H2,1-7H3,(H,34,35). The Morgan fingerprint density at radius 2 is 1.57 bits per heavy atom. The zero-order valence-corrected chi connectivity index (χ0v) is 23.6. The average Bonchev–Trinajstić information content (AvgIpc) is 2.82. The van der Waals surface area contributed by atoms with Crippen molar-refractivity contribution in [3.63, 3.8) is 0 Å². The van der Waals surface area contributed by atoms with Gasteiger partial charge in [-0.1, -0.05) is 66.4 Å². The van der Waals surface area contributed by atoms with Gasteiger partial charge in [-0.3, -0.25) is 9.59 Å². The predicted octanol–water partition coefficient (Wildman–Crippen LogP) is 6.64. The fraction of sp³-hybridized carbons (Fsp3) is 0.645. The summed E-state index contributed by atoms with van der Waals surface area (Å²) in [6, 6.07) is 4.01. The van der Waals surface area contributed by atoms with E-state index in [-0.39, 0.29) is 53.4 Å². The zero-order valence-electron chi connectivity index (χ0n) is 23.6. The Labute approximate surface area is 221 Å². The molecular weight excluding hydrogens is 468 g/mol. The van der Waals surface area contributed by atoms with Crippen LogP contribution in [0.25, 0.3) is 0 Å². The number of rotatable bonds is 14. The molecule has 1 N–H and O–H groups in total. The number of unbranched alkanes of at least 4 members (excludes halogenated alkanes) is 3. The molecule has 3 atom stereocenters. The van der Waals surface area contributed by atoms with Gasteiger partial charge in [0.2, 0.25) is 0 Å². The maximum absolute atomic E-state index is 12.2. The van der Waals surface area contributed by atoms with E-state index in [9.17, 15) is 19.5 Å². The summed E-state index contributed by atoms with van der Waals surface area (Å²) in [5.41, 5.74) is 1.81. The number of fused-ring (bicyclic) bond motifs is 1. The van der Waals surface area contributed by atoms with Crippen LogP contribution in [0.15, 0.2) is 23.8 Å². The summed E-state index contributed by atoms with van der Waals surface area (Å²) in [5, 5.41) is 9.97. The summed E-state index contributed by atoms with van der Waals surface area (Å²) in [5.74, 6) is -0.0597. The van der Waals surface area contributed by atoms with Crippen LogP contribution in [0.5, 0.6) is 11.5 Å². The van der Waals surface area contributed by atoms with E-state index in [1.165, 1.54) is 33.1 Å². The lowest BCUT2D eigenvalue weighted by atomic mass is 9.45. The van der Waals surface area contributed by atoms with Crippen LogP contribution in [-0.4, -0.2) is 35.9 Å². The lowest BCUT2D eigenvalue weighted by molar-refractivity contribution is -0.137. The molecule has 1 aromatic rings. The van der Waals surface area contributed by atoms with Crippen LogP contribution in [0.4, 0.5) is 0 Å². The molecule has 0 aromatic heterocycles. The maximum Gasteiger partial charge on any atom is 0.331 e. The second-order valence-corrected chi connectivity index (χ2v) is 12.2. The number of ether oxygens (including phenoxy) is 2. The highest BCUT2D eigenvalue weighted by atomic mass is 16.5. The highest BCUT2D eigenvalue weighted by Crippen LogP contribution is 2.65. The average molecular weight is 513 g/mol. The van der Waals surface area contributed by atoms with E-state index >= 15 is 0 Å². The van der Waals surface area contributed by atoms with Crippen molar-refractivity contribution in [3.05, 3.63) is 34.9 Å². The van der Waals surface area contributed by atoms with Gasteiger partial charge in [0.15, 0.2) is 11.6 Å². The largest absolute Gasteiger partial charge is 0.485 e. The quantitative estimate of drug-likeness (QED) is 0.281. The van der Waals surface area contributed by atoms with Crippen molar-refractivity contribution in [1.29, 1.82) is 0 Å². The topological polar surface area (TPSA) is 89.9 Å². The smallest absolute Gasteiger partial charge is 0.331 e. The van der Waals surface area contributed by atoms with E-state index in [4.69, 9.17) is 9.47 Å². The Morgan fingerprint density at radius 1 is 1.00 bits per heavy atom. The van der Waals surface area contributed by atoms with Crippen LogP contribution in [-0.2, 0) is 19.8 Å². The van der Waals surface area contributed by atoms with Crippen LogP contribution < -0.4 is 9.47 Å². The molecule has 4 rings (SSSR count). The Balaban J connectivity index is 2.15. The van der Waals surface area contributed by atoms with Gasteiger partial charge in [-0.25, -0.2) is 4.79 Å². The molecule has 3 aliphatic carbocycles. The number of hydrogen-bond donors (Lipinski definition) is 1. The molecule has 0 saturated heterocycles. The molecule has 3 aliphatic rings. The fourth-order valence-electron chi connectivity index (χ4n) is 6.08. The van der Waals surface area contributed by atoms with Crippen LogP contribution in [0.2, 0.25) is 0 Å². The molecule has 3 unspecified atom stereocenters. The van der Waals surface area contributed by atoms with Gasteiger partial charge in [-0.2, -0.15) is 0 Å². The Bertz CT molecular complexity index is 1020. The molecule has 0 amide bonds. The molecule has 1 aromatic carbocycles. The third kappa shape index (κ3) is 6.27. The summed E-state index contributed by atoms with van der Waals surface area (Å²) in [7, 11) is 0. The van der Waals surface area contributed by atoms with Crippen molar-refractivity contribution in [2.45, 2.75) is 98.3 Å². The Hall–Kier alpha value is -2.63. The highest BCUT2D eigenvalue weighted by molar-refractivity contribution is 5.88. The third-order valence-corrected chi connectivity index (χ3v) is 8.49. The zero-order chi connectivity index (χ0) is 27.5. The Morgan fingerprint density at radius 3 is 2.03 bits per heavy atom. The number of carboxylic acid groups (broad SMARTS) is 1. The van der Waals surface area contributed by atoms with E-state index in [0.717, 1.165) is 30.4 Å². The number of carbonyl (C=O) groups excluding carboxylic acids is 2. The summed E-state index contributed by atoms with van der Waals surface area (Å²) in [4.78, 5) is 36.0. The van der Waals surface area contributed by atoms with Crippen LogP contribution in [0, 0.1) is 17.3 Å². The number of ketones is 2. The summed E-state index contributed by atoms with van der Waals surface area (Å²) >= 11 is 0. The first kappa shape index (κ1) is 28.9. The summed E-state index contributed by atoms with van der Waals surface area (Å²) < 4.78 is 12.2. The lowest BCUT2D eigenvalue weighted by Crippen LogP contribution is -2.52. The molecule has 2 bridgehead atoms. The van der Waals surface area contributed by atoms with Crippen LogP contribution in [0.1, 0.15) is 104 Å². The third-order valence-electron chi connectivity index (χ3n) is 8.49. The molecule has 204 valence electrons. The van der Waals surface area contributed by atoms with Crippen LogP contribution in [0.3, 0.4) is 0 Å². The minimum absolute atomic E-state index is 0.00996. The summed E-state index contributed by atoms with van der Waals surface area (Å²) in [6.45, 7) is 13.6. The SMILES string of the molecule is CCCCCCC(C)(C)c1cc(OCC(C)=O)c(C2C=C(C(=O)O)C3CC2C3(C)C)c(OCC(C)=O)c1. The van der Waals surface area contributed by atoms with Crippen molar-refractivity contribution in [2.75, 3.05) is 13.2 Å². The summed E-state index contributed by atoms with van der Waals surface area (Å²) in [6.07, 6.45) is 8.24. The van der Waals surface area contributed by atoms with Crippen molar-refractivity contribution in [2.24, 2.45) is 17.3 Å². The maximum atomic E-state index is 12.2. The number of aliphatic carboxylic acids is 1. The van der Waals surface area contributed by atoms with Gasteiger partial charge in [-0.05, 0) is 67.1 Å². The molecular formula is C31H44O6. The Kier molecular flexibility index (Phi) is 8.92. The van der Waals surface area contributed by atoms with E-state index in [0.29, 0.717) is 17.1 Å². The van der Waals surface area contributed by atoms with Gasteiger partial charge < -0.3 is 14.6 Å². The molecule has 6 nitrogen and oxygen atoms in total. The van der Waals surface area contributed by atoms with Crippen molar-refractivity contribution < 1.29 is 29.0 Å². The number of allylic oxidation sites excluding steroid dienone is 1. The number of Topliss-reactive ketones (excluding diaryl/α,β-unsaturated/α-hetero) is 2. The molecule has 0 heterocycles. The fourth-order valence-corrected chi connectivity index (χ4v) is 6.08. The monoisotopic (exact) mass is 512 g/mol. The van der Waals surface area contributed by atoms with E-state index in [2.05, 4.69) is 34.6 Å². The number of carboxylic acids is 1. The van der Waals surface area contributed by atoms with E-state index in [1.54, 1.807) is 0 Å². The van der Waals surface area contributed by atoms with Gasteiger partial charge in [-0.15, -0.1) is 0 Å². The first-order valence-corrected chi connectivity index (χ1v) is 13.7. The molecule has 0 spiro atoms. The molecule has 37 heavy (non-hydrogen) atoms. The highest BCUT2D eigenvalue weighted by Gasteiger charge is 2.57. The minimum Gasteiger partial charge on any atom is -0.485 e. The molecule has 0 aliphatic heterocycles. The van der Waals surface area contributed by atoms with Gasteiger partial charge >= 0.3 is 5.97 Å². The van der Waals surface area contributed by atoms with Crippen molar-refractivity contribution in [1.82, 2.24) is 0 Å². The van der Waals surface area contributed by atoms with Crippen LogP contribution >= 0.6 is 0 Å². The van der Waals surface area contributed by atoms with Gasteiger partial charge in [0, 0.05) is 17.1 Å². The van der Waals surface area contributed by atoms with Crippen molar-refractivity contribution in [3.8, 4) is 11.5 Å². The predicted molar refractivity (Wildman–Crippen MR) is 144 cm³/mol. The van der Waals surface area contributed by atoms with E-state index < -0.39 is 5.97 Å². The number of carbonyl (C=O) groups is 3. The van der Waals surface area contributed by atoms with Gasteiger partial charge in [0.1, 0.15) is 24.7 Å². The second kappa shape index (κ2) is 11.4. The van der Waals surface area contributed by atoms with Gasteiger partial charge in [0.05, 0.1) is 0 Å². The molecule has 0 radical (unpaired) electrons. The molecule has 6 heteroatoms. The number of benzene rings is 1. The lowest BCUT2D eigenvalue weighted by Gasteiger charge is -2.58. The normalized spacial score (nSPS) is 22.0. The first-order chi connectivity index (χ1) is 17.3. The van der Waals surface area contributed by atoms with Crippen molar-refractivity contribution >= 4 is 17.5 Å². The molecule has 1 saturated carbocycles. The molecule has 1 fully saturated rings. The first-order valence-electron chi connectivity index (χ1n) is 13.7. The minimum atomic E-state index is -0.900. The number of hydrogen-bond acceptors (Lipinski definition) is 5. The second-order valence-electron chi connectivity index (χ2n) is 12.2. The van der Waals surface area contributed by atoms with E-state index in [1.807, 2.05) is 18.2 Å².